The molecule has 0 bridgehead atoms. The van der Waals surface area contributed by atoms with Crippen LogP contribution in [0.5, 0.6) is 0 Å². The second kappa shape index (κ2) is 6.69. The summed E-state index contributed by atoms with van der Waals surface area (Å²) in [7, 11) is 0. The van der Waals surface area contributed by atoms with Crippen molar-refractivity contribution in [2.75, 3.05) is 0 Å². The molecule has 0 atom stereocenters. The molecule has 0 saturated carbocycles. The Kier molecular flexibility index (Phi) is 4.93. The minimum absolute atomic E-state index is 0.0355. The number of hydrogen-bond donors (Lipinski definition) is 2. The third kappa shape index (κ3) is 4.03. The van der Waals surface area contributed by atoms with E-state index in [1.165, 1.54) is 12.3 Å². The van der Waals surface area contributed by atoms with Gasteiger partial charge in [-0.25, -0.2) is 9.78 Å². The summed E-state index contributed by atoms with van der Waals surface area (Å²) < 4.78 is 0.643. The van der Waals surface area contributed by atoms with Crippen molar-refractivity contribution in [1.29, 1.82) is 0 Å². The molecule has 0 radical (unpaired) electrons. The molecule has 2 N–H and O–H groups in total. The minimum Gasteiger partial charge on any atom is -0.477 e. The van der Waals surface area contributed by atoms with Crippen molar-refractivity contribution < 1.29 is 14.7 Å². The molecule has 1 aromatic heterocycles. The van der Waals surface area contributed by atoms with Gasteiger partial charge in [-0.05, 0) is 45.8 Å². The van der Waals surface area contributed by atoms with E-state index in [4.69, 9.17) is 16.7 Å². The van der Waals surface area contributed by atoms with E-state index in [0.717, 1.165) is 0 Å². The van der Waals surface area contributed by atoms with Gasteiger partial charge in [0, 0.05) is 22.8 Å². The highest BCUT2D eigenvalue weighted by Crippen LogP contribution is 2.23. The zero-order chi connectivity index (χ0) is 15.4. The van der Waals surface area contributed by atoms with Crippen LogP contribution in [0.3, 0.4) is 0 Å². The molecule has 7 heteroatoms. The van der Waals surface area contributed by atoms with Crippen molar-refractivity contribution in [3.63, 3.8) is 0 Å². The number of carboxylic acids is 1. The maximum absolute atomic E-state index is 12.0. The van der Waals surface area contributed by atoms with Crippen LogP contribution in [-0.2, 0) is 6.54 Å². The Hall–Kier alpha value is -1.92. The number of nitrogens with one attached hydrogen (secondary N) is 1. The molecule has 0 aliphatic carbocycles. The topological polar surface area (TPSA) is 79.3 Å². The summed E-state index contributed by atoms with van der Waals surface area (Å²) in [6.45, 7) is 0.256. The van der Waals surface area contributed by atoms with Crippen molar-refractivity contribution in [2.45, 2.75) is 6.54 Å². The number of carboxylic acid groups (broad SMARTS) is 1. The van der Waals surface area contributed by atoms with Crippen molar-refractivity contribution in [2.24, 2.45) is 0 Å². The quantitative estimate of drug-likeness (QED) is 0.868. The fourth-order valence-corrected chi connectivity index (χ4v) is 2.07. The third-order valence-corrected chi connectivity index (χ3v) is 3.89. The molecule has 0 spiro atoms. The van der Waals surface area contributed by atoms with Gasteiger partial charge in [-0.2, -0.15) is 0 Å². The van der Waals surface area contributed by atoms with Crippen LogP contribution in [0.1, 0.15) is 26.4 Å². The SMILES string of the molecule is O=C(NCc1ccc(C(=O)O)nc1)c1ccc(Cl)c(Br)c1. The number of aromatic carboxylic acids is 1. The first-order valence-electron chi connectivity index (χ1n) is 5.89. The van der Waals surface area contributed by atoms with E-state index in [-0.39, 0.29) is 18.1 Å². The van der Waals surface area contributed by atoms with Gasteiger partial charge in [0.1, 0.15) is 5.69 Å². The largest absolute Gasteiger partial charge is 0.477 e. The van der Waals surface area contributed by atoms with Gasteiger partial charge >= 0.3 is 5.97 Å². The van der Waals surface area contributed by atoms with Crippen LogP contribution in [0.25, 0.3) is 0 Å². The van der Waals surface area contributed by atoms with Gasteiger partial charge in [0.25, 0.3) is 5.91 Å². The monoisotopic (exact) mass is 368 g/mol. The lowest BCUT2D eigenvalue weighted by Crippen LogP contribution is -2.22. The summed E-state index contributed by atoms with van der Waals surface area (Å²) in [6, 6.07) is 7.87. The molecule has 1 amide bonds. The second-order valence-corrected chi connectivity index (χ2v) is 5.43. The number of carbonyl (C=O) groups is 2. The lowest BCUT2D eigenvalue weighted by molar-refractivity contribution is 0.0690. The molecule has 0 unspecified atom stereocenters. The van der Waals surface area contributed by atoms with Crippen LogP contribution in [-0.4, -0.2) is 22.0 Å². The molecule has 0 aliphatic heterocycles. The number of carbonyl (C=O) groups excluding carboxylic acids is 1. The molecule has 2 aromatic rings. The highest BCUT2D eigenvalue weighted by Gasteiger charge is 2.08. The molecular weight excluding hydrogens is 360 g/mol. The van der Waals surface area contributed by atoms with Gasteiger partial charge < -0.3 is 10.4 Å². The predicted octanol–water partition coefficient (Wildman–Crippen LogP) is 3.13. The highest BCUT2D eigenvalue weighted by molar-refractivity contribution is 9.10. The van der Waals surface area contributed by atoms with Crippen molar-refractivity contribution >= 4 is 39.4 Å². The van der Waals surface area contributed by atoms with E-state index in [2.05, 4.69) is 26.2 Å². The summed E-state index contributed by atoms with van der Waals surface area (Å²) in [4.78, 5) is 26.4. The molecule has 1 heterocycles. The first-order valence-corrected chi connectivity index (χ1v) is 7.06. The second-order valence-electron chi connectivity index (χ2n) is 4.17. The molecule has 0 aliphatic rings. The summed E-state index contributed by atoms with van der Waals surface area (Å²) in [5.74, 6) is -1.34. The van der Waals surface area contributed by atoms with E-state index in [1.807, 2.05) is 0 Å². The molecule has 0 saturated heterocycles. The summed E-state index contributed by atoms with van der Waals surface area (Å²) in [5.41, 5.74) is 1.15. The number of hydrogen-bond acceptors (Lipinski definition) is 3. The van der Waals surface area contributed by atoms with Crippen LogP contribution in [0.15, 0.2) is 41.0 Å². The predicted molar refractivity (Wildman–Crippen MR) is 81.5 cm³/mol. The van der Waals surface area contributed by atoms with E-state index in [1.54, 1.807) is 24.3 Å². The molecule has 2 rings (SSSR count). The van der Waals surface area contributed by atoms with Gasteiger partial charge in [-0.3, -0.25) is 4.79 Å². The number of benzene rings is 1. The Morgan fingerprint density at radius 1 is 1.29 bits per heavy atom. The average Bonchev–Trinajstić information content (AvgIpc) is 2.48. The number of pyridine rings is 1. The lowest BCUT2D eigenvalue weighted by Gasteiger charge is -2.06. The van der Waals surface area contributed by atoms with E-state index < -0.39 is 5.97 Å². The minimum atomic E-state index is -1.09. The van der Waals surface area contributed by atoms with Gasteiger partial charge in [0.05, 0.1) is 5.02 Å². The first kappa shape index (κ1) is 15.5. The van der Waals surface area contributed by atoms with E-state index >= 15 is 0 Å². The Morgan fingerprint density at radius 2 is 2.05 bits per heavy atom. The van der Waals surface area contributed by atoms with Crippen molar-refractivity contribution in [1.82, 2.24) is 10.3 Å². The molecule has 1 aromatic carbocycles. The van der Waals surface area contributed by atoms with Crippen LogP contribution in [0.4, 0.5) is 0 Å². The van der Waals surface area contributed by atoms with E-state index in [9.17, 15) is 9.59 Å². The van der Waals surface area contributed by atoms with Crippen molar-refractivity contribution in [3.8, 4) is 0 Å². The first-order chi connectivity index (χ1) is 9.97. The van der Waals surface area contributed by atoms with Gasteiger partial charge in [0.15, 0.2) is 0 Å². The summed E-state index contributed by atoms with van der Waals surface area (Å²) >= 11 is 9.12. The number of halogens is 2. The van der Waals surface area contributed by atoms with Crippen molar-refractivity contribution in [3.05, 3.63) is 62.8 Å². The van der Waals surface area contributed by atoms with Gasteiger partial charge in [-0.15, -0.1) is 0 Å². The summed E-state index contributed by atoms with van der Waals surface area (Å²) in [5, 5.41) is 12.0. The smallest absolute Gasteiger partial charge is 0.354 e. The Labute approximate surface area is 134 Å². The van der Waals surface area contributed by atoms with Crippen LogP contribution >= 0.6 is 27.5 Å². The van der Waals surface area contributed by atoms with Gasteiger partial charge in [0.2, 0.25) is 0 Å². The molecule has 0 fully saturated rings. The maximum atomic E-state index is 12.0. The molecular formula is C14H10BrClN2O3. The third-order valence-electron chi connectivity index (χ3n) is 2.68. The zero-order valence-electron chi connectivity index (χ0n) is 10.6. The highest BCUT2D eigenvalue weighted by atomic mass is 79.9. The Bertz CT molecular complexity index is 689. The molecule has 21 heavy (non-hydrogen) atoms. The number of rotatable bonds is 4. The number of nitrogens with zero attached hydrogens (tertiary/aromatic N) is 1. The van der Waals surface area contributed by atoms with Crippen LogP contribution < -0.4 is 5.32 Å². The lowest BCUT2D eigenvalue weighted by atomic mass is 10.2. The molecule has 108 valence electrons. The Balaban J connectivity index is 2.00. The van der Waals surface area contributed by atoms with Crippen LogP contribution in [0.2, 0.25) is 5.02 Å². The maximum Gasteiger partial charge on any atom is 0.354 e. The number of amides is 1. The van der Waals surface area contributed by atoms with E-state index in [0.29, 0.717) is 20.6 Å². The van der Waals surface area contributed by atoms with Crippen LogP contribution in [0, 0.1) is 0 Å². The summed E-state index contributed by atoms with van der Waals surface area (Å²) in [6.07, 6.45) is 1.42. The molecule has 5 nitrogen and oxygen atoms in total. The van der Waals surface area contributed by atoms with Gasteiger partial charge in [-0.1, -0.05) is 17.7 Å². The standard InChI is InChI=1S/C14H10BrClN2O3/c15-10-5-9(2-3-11(10)16)13(19)18-7-8-1-4-12(14(20)21)17-6-8/h1-6H,7H2,(H,18,19)(H,20,21). The fourth-order valence-electron chi connectivity index (χ4n) is 1.58. The Morgan fingerprint density at radius 3 is 2.62 bits per heavy atom. The fraction of sp³-hybridized carbons (Fsp3) is 0.0714. The normalized spacial score (nSPS) is 10.2. The average molecular weight is 370 g/mol. The zero-order valence-corrected chi connectivity index (χ0v) is 13.0. The number of aromatic nitrogens is 1.